The molecule has 1 heterocycles. The molecule has 2 rings (SSSR count). The van der Waals surface area contributed by atoms with E-state index >= 15 is 0 Å². The van der Waals surface area contributed by atoms with Gasteiger partial charge >= 0.3 is 12.1 Å². The molecule has 0 bridgehead atoms. The zero-order valence-electron chi connectivity index (χ0n) is 12.6. The lowest BCUT2D eigenvalue weighted by atomic mass is 10.1. The molecule has 2 aromatic rings. The van der Waals surface area contributed by atoms with Gasteiger partial charge in [0.25, 0.3) is 0 Å². The predicted octanol–water partition coefficient (Wildman–Crippen LogP) is 4.65. The topological polar surface area (TPSA) is 63.2 Å². The van der Waals surface area contributed by atoms with E-state index in [-0.39, 0.29) is 35.1 Å². The summed E-state index contributed by atoms with van der Waals surface area (Å²) in [6.07, 6.45) is -3.32. The first-order valence-electron chi connectivity index (χ1n) is 6.97. The van der Waals surface area contributed by atoms with Crippen LogP contribution < -0.4 is 0 Å². The summed E-state index contributed by atoms with van der Waals surface area (Å²) in [5.41, 5.74) is -0.895. The maximum atomic E-state index is 12.8. The van der Waals surface area contributed by atoms with Crippen molar-refractivity contribution >= 4 is 23.6 Å². The molecule has 0 amide bonds. The molecule has 0 fully saturated rings. The number of furan rings is 1. The summed E-state index contributed by atoms with van der Waals surface area (Å²) < 4.78 is 48.4. The van der Waals surface area contributed by atoms with Crippen molar-refractivity contribution in [3.63, 3.8) is 0 Å². The Kier molecular flexibility index (Phi) is 5.88. The van der Waals surface area contributed by atoms with Gasteiger partial charge in [-0.15, -0.1) is 11.6 Å². The molecule has 0 aliphatic carbocycles. The summed E-state index contributed by atoms with van der Waals surface area (Å²) >= 11 is 5.39. The Balaban J connectivity index is 2.27. The van der Waals surface area contributed by atoms with Crippen molar-refractivity contribution in [3.8, 4) is 17.4 Å². The van der Waals surface area contributed by atoms with Crippen LogP contribution in [0.2, 0.25) is 0 Å². The predicted molar refractivity (Wildman–Crippen MR) is 84.4 cm³/mol. The molecular weight excluding hydrogens is 359 g/mol. The van der Waals surface area contributed by atoms with Gasteiger partial charge < -0.3 is 9.15 Å². The maximum Gasteiger partial charge on any atom is 0.416 e. The Hall–Kier alpha value is -2.72. The van der Waals surface area contributed by atoms with Gasteiger partial charge in [-0.2, -0.15) is 18.4 Å². The molecule has 0 N–H and O–H groups in total. The number of halogens is 4. The third-order valence-electron chi connectivity index (χ3n) is 3.04. The monoisotopic (exact) mass is 369 g/mol. The summed E-state index contributed by atoms with van der Waals surface area (Å²) in [6, 6.07) is 9.18. The Labute approximate surface area is 146 Å². The quantitative estimate of drug-likeness (QED) is 0.333. The molecule has 0 saturated heterocycles. The Bertz CT molecular complexity index is 834. The second kappa shape index (κ2) is 7.90. The van der Waals surface area contributed by atoms with Crippen LogP contribution in [0.3, 0.4) is 0 Å². The van der Waals surface area contributed by atoms with Crippen LogP contribution in [0.25, 0.3) is 17.4 Å². The number of hydrogen-bond acceptors (Lipinski definition) is 4. The third kappa shape index (κ3) is 4.88. The van der Waals surface area contributed by atoms with Crippen LogP contribution in [-0.4, -0.2) is 18.5 Å². The molecule has 1 aromatic heterocycles. The van der Waals surface area contributed by atoms with Crippen LogP contribution in [0.1, 0.15) is 11.3 Å². The van der Waals surface area contributed by atoms with Crippen LogP contribution in [-0.2, 0) is 15.7 Å². The molecule has 1 aromatic carbocycles. The van der Waals surface area contributed by atoms with Gasteiger partial charge in [-0.1, -0.05) is 12.1 Å². The fourth-order valence-electron chi connectivity index (χ4n) is 1.92. The molecule has 0 spiro atoms. The summed E-state index contributed by atoms with van der Waals surface area (Å²) in [7, 11) is 0. The van der Waals surface area contributed by atoms with Crippen LogP contribution in [0.5, 0.6) is 0 Å². The number of alkyl halides is 4. The molecule has 0 aliphatic rings. The molecule has 0 aliphatic heterocycles. The second-order valence-electron chi connectivity index (χ2n) is 4.78. The number of hydrogen-bond donors (Lipinski definition) is 0. The minimum absolute atomic E-state index is 0.0486. The van der Waals surface area contributed by atoms with Crippen molar-refractivity contribution in [1.29, 1.82) is 5.26 Å². The van der Waals surface area contributed by atoms with E-state index in [2.05, 4.69) is 0 Å². The fraction of sp³-hybridized carbons (Fsp3) is 0.176. The largest absolute Gasteiger partial charge is 0.460 e. The number of carbonyl (C=O) groups is 1. The van der Waals surface area contributed by atoms with Crippen LogP contribution in [0, 0.1) is 11.3 Å². The third-order valence-corrected chi connectivity index (χ3v) is 3.19. The lowest BCUT2D eigenvalue weighted by Gasteiger charge is -2.07. The first kappa shape index (κ1) is 18.6. The van der Waals surface area contributed by atoms with E-state index in [1.165, 1.54) is 24.3 Å². The van der Waals surface area contributed by atoms with Crippen molar-refractivity contribution in [2.24, 2.45) is 0 Å². The molecule has 25 heavy (non-hydrogen) atoms. The molecule has 4 nitrogen and oxygen atoms in total. The van der Waals surface area contributed by atoms with Gasteiger partial charge in [0.1, 0.15) is 29.8 Å². The van der Waals surface area contributed by atoms with Crippen molar-refractivity contribution in [3.05, 3.63) is 53.3 Å². The van der Waals surface area contributed by atoms with Crippen LogP contribution in [0.4, 0.5) is 13.2 Å². The van der Waals surface area contributed by atoms with E-state index in [0.717, 1.165) is 18.2 Å². The molecule has 0 unspecified atom stereocenters. The number of esters is 1. The Morgan fingerprint density at radius 1 is 1.32 bits per heavy atom. The number of nitriles is 1. The average molecular weight is 370 g/mol. The van der Waals surface area contributed by atoms with Crippen molar-refractivity contribution in [2.45, 2.75) is 6.18 Å². The molecule has 130 valence electrons. The molecular formula is C17H11ClF3NO3. The summed E-state index contributed by atoms with van der Waals surface area (Å²) in [6.45, 7) is -0.0486. The first-order valence-corrected chi connectivity index (χ1v) is 7.51. The van der Waals surface area contributed by atoms with Gasteiger partial charge in [0, 0.05) is 11.6 Å². The normalized spacial score (nSPS) is 11.9. The summed E-state index contributed by atoms with van der Waals surface area (Å²) in [5, 5.41) is 8.99. The van der Waals surface area contributed by atoms with Gasteiger partial charge in [0.15, 0.2) is 0 Å². The van der Waals surface area contributed by atoms with Crippen LogP contribution in [0.15, 0.2) is 46.4 Å². The van der Waals surface area contributed by atoms with Gasteiger partial charge in [0.2, 0.25) is 0 Å². The summed E-state index contributed by atoms with van der Waals surface area (Å²) in [4.78, 5) is 11.6. The van der Waals surface area contributed by atoms with E-state index in [0.29, 0.717) is 0 Å². The van der Waals surface area contributed by atoms with E-state index in [9.17, 15) is 18.0 Å². The minimum atomic E-state index is -4.47. The van der Waals surface area contributed by atoms with Crippen molar-refractivity contribution in [2.75, 3.05) is 12.5 Å². The van der Waals surface area contributed by atoms with Crippen LogP contribution >= 0.6 is 11.6 Å². The van der Waals surface area contributed by atoms with Gasteiger partial charge in [-0.25, -0.2) is 4.79 Å². The van der Waals surface area contributed by atoms with Crippen molar-refractivity contribution in [1.82, 2.24) is 0 Å². The van der Waals surface area contributed by atoms with Gasteiger partial charge in [-0.3, -0.25) is 0 Å². The minimum Gasteiger partial charge on any atom is -0.460 e. The fourth-order valence-corrected chi connectivity index (χ4v) is 2.00. The maximum absolute atomic E-state index is 12.8. The molecule has 0 atom stereocenters. The number of benzene rings is 1. The number of nitrogens with zero attached hydrogens (tertiary/aromatic N) is 1. The van der Waals surface area contributed by atoms with E-state index in [1.807, 2.05) is 0 Å². The Morgan fingerprint density at radius 3 is 2.72 bits per heavy atom. The van der Waals surface area contributed by atoms with Crippen molar-refractivity contribution < 1.29 is 27.1 Å². The summed E-state index contributed by atoms with van der Waals surface area (Å²) in [5.74, 6) is -0.471. The van der Waals surface area contributed by atoms with Gasteiger partial charge in [-0.05, 0) is 24.3 Å². The average Bonchev–Trinajstić information content (AvgIpc) is 3.05. The lowest BCUT2D eigenvalue weighted by molar-refractivity contribution is -0.138. The van der Waals surface area contributed by atoms with E-state index in [4.69, 9.17) is 26.0 Å². The van der Waals surface area contributed by atoms with Gasteiger partial charge in [0.05, 0.1) is 11.4 Å². The highest BCUT2D eigenvalue weighted by Crippen LogP contribution is 2.32. The SMILES string of the molecule is N#C/C(=C\c1ccc(-c2cccc(C(F)(F)F)c2)o1)C(=O)OCCCl. The zero-order valence-corrected chi connectivity index (χ0v) is 13.4. The van der Waals surface area contributed by atoms with E-state index in [1.54, 1.807) is 6.07 Å². The lowest BCUT2D eigenvalue weighted by Crippen LogP contribution is -2.08. The highest BCUT2D eigenvalue weighted by Gasteiger charge is 2.30. The second-order valence-corrected chi connectivity index (χ2v) is 5.15. The number of ether oxygens (including phenoxy) is 1. The molecule has 0 radical (unpaired) electrons. The highest BCUT2D eigenvalue weighted by molar-refractivity contribution is 6.18. The smallest absolute Gasteiger partial charge is 0.416 e. The zero-order chi connectivity index (χ0) is 18.4. The number of rotatable bonds is 5. The number of carbonyl (C=O) groups excluding carboxylic acids is 1. The Morgan fingerprint density at radius 2 is 2.08 bits per heavy atom. The molecule has 8 heteroatoms. The standard InChI is InChI=1S/C17H11ClF3NO3/c18-6-7-24-16(23)12(10-22)9-14-4-5-15(25-14)11-2-1-3-13(8-11)17(19,20)21/h1-5,8-9H,6-7H2/b12-9+. The highest BCUT2D eigenvalue weighted by atomic mass is 35.5. The van der Waals surface area contributed by atoms with E-state index < -0.39 is 17.7 Å². The first-order chi connectivity index (χ1) is 11.8. The molecule has 0 saturated carbocycles.